The molecule has 0 aliphatic heterocycles. The monoisotopic (exact) mass is 332 g/mol. The van der Waals surface area contributed by atoms with Gasteiger partial charge in [-0.25, -0.2) is 0 Å². The van der Waals surface area contributed by atoms with Crippen molar-refractivity contribution < 1.29 is 5.11 Å². The standard InChI is InChI=1S/C20H13ClN2O/c21-16-7-4-8-18-15(16)9-10-17-14(12-22)11-19(23(17)18)20(24)13-5-2-1-3-6-13/h1-11,20,24H. The minimum atomic E-state index is -0.828. The van der Waals surface area contributed by atoms with Crippen LogP contribution < -0.4 is 0 Å². The molecule has 0 aliphatic carbocycles. The van der Waals surface area contributed by atoms with Crippen molar-refractivity contribution in [2.75, 3.05) is 0 Å². The van der Waals surface area contributed by atoms with Crippen molar-refractivity contribution in [3.05, 3.63) is 88.6 Å². The van der Waals surface area contributed by atoms with E-state index in [2.05, 4.69) is 6.07 Å². The Morgan fingerprint density at radius 1 is 0.958 bits per heavy atom. The molecule has 3 nitrogen and oxygen atoms in total. The number of aliphatic hydroxyl groups is 1. The van der Waals surface area contributed by atoms with E-state index in [1.807, 2.05) is 65.1 Å². The van der Waals surface area contributed by atoms with Crippen molar-refractivity contribution >= 4 is 28.0 Å². The molecule has 4 rings (SSSR count). The number of hydrogen-bond acceptors (Lipinski definition) is 2. The lowest BCUT2D eigenvalue weighted by atomic mass is 10.1. The summed E-state index contributed by atoms with van der Waals surface area (Å²) in [6.07, 6.45) is -0.828. The lowest BCUT2D eigenvalue weighted by molar-refractivity contribution is 0.215. The first kappa shape index (κ1) is 14.8. The third kappa shape index (κ3) is 2.16. The fraction of sp³-hybridized carbons (Fsp3) is 0.0500. The van der Waals surface area contributed by atoms with Gasteiger partial charge >= 0.3 is 0 Å². The van der Waals surface area contributed by atoms with Crippen LogP contribution >= 0.6 is 11.6 Å². The molecule has 1 N–H and O–H groups in total. The summed E-state index contributed by atoms with van der Waals surface area (Å²) < 4.78 is 1.91. The lowest BCUT2D eigenvalue weighted by Crippen LogP contribution is -2.04. The van der Waals surface area contributed by atoms with E-state index in [0.29, 0.717) is 16.3 Å². The number of hydrogen-bond donors (Lipinski definition) is 1. The van der Waals surface area contributed by atoms with Crippen LogP contribution in [0.25, 0.3) is 16.4 Å². The number of rotatable bonds is 2. The second-order valence-electron chi connectivity index (χ2n) is 5.63. The van der Waals surface area contributed by atoms with Crippen LogP contribution in [0.5, 0.6) is 0 Å². The van der Waals surface area contributed by atoms with Gasteiger partial charge in [-0.2, -0.15) is 5.26 Å². The molecule has 116 valence electrons. The van der Waals surface area contributed by atoms with Gasteiger partial charge in [0.1, 0.15) is 12.2 Å². The Morgan fingerprint density at radius 3 is 2.50 bits per heavy atom. The average molecular weight is 333 g/mol. The van der Waals surface area contributed by atoms with Crippen molar-refractivity contribution in [2.24, 2.45) is 0 Å². The lowest BCUT2D eigenvalue weighted by Gasteiger charge is -2.14. The van der Waals surface area contributed by atoms with Gasteiger partial charge in [0, 0.05) is 10.4 Å². The quantitative estimate of drug-likeness (QED) is 0.578. The minimum Gasteiger partial charge on any atom is -0.382 e. The largest absolute Gasteiger partial charge is 0.382 e. The number of aliphatic hydroxyl groups excluding tert-OH is 1. The molecule has 2 heterocycles. The highest BCUT2D eigenvalue weighted by Crippen LogP contribution is 2.32. The van der Waals surface area contributed by atoms with E-state index >= 15 is 0 Å². The summed E-state index contributed by atoms with van der Waals surface area (Å²) in [5.41, 5.74) is 3.59. The minimum absolute atomic E-state index is 0.529. The van der Waals surface area contributed by atoms with Gasteiger partial charge in [-0.1, -0.05) is 48.0 Å². The van der Waals surface area contributed by atoms with Crippen molar-refractivity contribution in [3.8, 4) is 6.07 Å². The van der Waals surface area contributed by atoms with E-state index < -0.39 is 6.10 Å². The van der Waals surface area contributed by atoms with Gasteiger partial charge in [0.2, 0.25) is 0 Å². The number of pyridine rings is 1. The van der Waals surface area contributed by atoms with Crippen molar-refractivity contribution in [3.63, 3.8) is 0 Å². The zero-order chi connectivity index (χ0) is 16.7. The second kappa shape index (κ2) is 5.68. The molecule has 24 heavy (non-hydrogen) atoms. The molecule has 1 unspecified atom stereocenters. The molecular formula is C20H13ClN2O. The molecule has 0 bridgehead atoms. The zero-order valence-corrected chi connectivity index (χ0v) is 13.4. The Hall–Kier alpha value is -2.80. The molecule has 0 saturated heterocycles. The van der Waals surface area contributed by atoms with Gasteiger partial charge in [0.05, 0.1) is 22.3 Å². The molecule has 0 amide bonds. The SMILES string of the molecule is N#Cc1cc(C(O)c2ccccc2)n2c1ccc1c(Cl)cccc12. The number of halogens is 1. The van der Waals surface area contributed by atoms with Crippen molar-refractivity contribution in [1.29, 1.82) is 5.26 Å². The summed E-state index contributed by atoms with van der Waals surface area (Å²) in [6, 6.07) is 22.8. The van der Waals surface area contributed by atoms with Crippen LogP contribution in [0, 0.1) is 11.3 Å². The molecule has 1 atom stereocenters. The summed E-state index contributed by atoms with van der Waals surface area (Å²) >= 11 is 6.31. The Labute approximate surface area is 144 Å². The molecule has 0 spiro atoms. The molecular weight excluding hydrogens is 320 g/mol. The first-order valence-electron chi connectivity index (χ1n) is 7.56. The Bertz CT molecular complexity index is 1090. The van der Waals surface area contributed by atoms with Gasteiger partial charge in [0.25, 0.3) is 0 Å². The number of nitriles is 1. The maximum absolute atomic E-state index is 10.9. The molecule has 0 aliphatic rings. The van der Waals surface area contributed by atoms with Gasteiger partial charge in [-0.15, -0.1) is 0 Å². The Balaban J connectivity index is 2.09. The van der Waals surface area contributed by atoms with E-state index in [0.717, 1.165) is 22.0 Å². The van der Waals surface area contributed by atoms with E-state index in [-0.39, 0.29) is 0 Å². The first-order valence-corrected chi connectivity index (χ1v) is 7.94. The number of fused-ring (bicyclic) bond motifs is 3. The molecule has 0 radical (unpaired) electrons. The smallest absolute Gasteiger partial charge is 0.119 e. The molecule has 4 heteroatoms. The maximum atomic E-state index is 10.9. The van der Waals surface area contributed by atoms with Crippen LogP contribution in [0.1, 0.15) is 22.9 Å². The third-order valence-corrected chi connectivity index (χ3v) is 4.59. The fourth-order valence-corrected chi connectivity index (χ4v) is 3.36. The van der Waals surface area contributed by atoms with Crippen molar-refractivity contribution in [1.82, 2.24) is 4.40 Å². The molecule has 2 aromatic heterocycles. The predicted octanol–water partition coefficient (Wildman–Crippen LogP) is 4.70. The predicted molar refractivity (Wildman–Crippen MR) is 95.1 cm³/mol. The summed E-state index contributed by atoms with van der Waals surface area (Å²) in [6.45, 7) is 0. The normalized spacial score (nSPS) is 12.4. The Kier molecular flexibility index (Phi) is 3.50. The van der Waals surface area contributed by atoms with Crippen LogP contribution in [-0.4, -0.2) is 9.51 Å². The topological polar surface area (TPSA) is 48.4 Å². The third-order valence-electron chi connectivity index (χ3n) is 4.26. The van der Waals surface area contributed by atoms with Crippen LogP contribution in [-0.2, 0) is 0 Å². The average Bonchev–Trinajstić information content (AvgIpc) is 3.01. The number of aromatic nitrogens is 1. The first-order chi connectivity index (χ1) is 11.7. The van der Waals surface area contributed by atoms with Gasteiger partial charge in [0.15, 0.2) is 0 Å². The summed E-state index contributed by atoms with van der Waals surface area (Å²) in [7, 11) is 0. The zero-order valence-electron chi connectivity index (χ0n) is 12.6. The van der Waals surface area contributed by atoms with Crippen LogP contribution in [0.15, 0.2) is 66.7 Å². The highest BCUT2D eigenvalue weighted by molar-refractivity contribution is 6.35. The molecule has 0 saturated carbocycles. The molecule has 2 aromatic carbocycles. The van der Waals surface area contributed by atoms with E-state index in [4.69, 9.17) is 11.6 Å². The number of nitrogens with zero attached hydrogens (tertiary/aromatic N) is 2. The summed E-state index contributed by atoms with van der Waals surface area (Å²) in [5.74, 6) is 0. The van der Waals surface area contributed by atoms with Crippen LogP contribution in [0.3, 0.4) is 0 Å². The highest BCUT2D eigenvalue weighted by atomic mass is 35.5. The second-order valence-corrected chi connectivity index (χ2v) is 6.04. The van der Waals surface area contributed by atoms with Crippen molar-refractivity contribution in [2.45, 2.75) is 6.10 Å². The number of benzene rings is 2. The van der Waals surface area contributed by atoms with Gasteiger partial charge < -0.3 is 9.51 Å². The van der Waals surface area contributed by atoms with Gasteiger partial charge in [-0.3, -0.25) is 0 Å². The fourth-order valence-electron chi connectivity index (χ4n) is 3.12. The van der Waals surface area contributed by atoms with Crippen LogP contribution in [0.4, 0.5) is 0 Å². The van der Waals surface area contributed by atoms with E-state index in [1.54, 1.807) is 6.07 Å². The molecule has 0 fully saturated rings. The van der Waals surface area contributed by atoms with E-state index in [9.17, 15) is 10.4 Å². The van der Waals surface area contributed by atoms with Gasteiger partial charge in [-0.05, 0) is 35.9 Å². The maximum Gasteiger partial charge on any atom is 0.119 e. The van der Waals surface area contributed by atoms with Crippen LogP contribution in [0.2, 0.25) is 5.02 Å². The van der Waals surface area contributed by atoms with E-state index in [1.165, 1.54) is 0 Å². The highest BCUT2D eigenvalue weighted by Gasteiger charge is 2.19. The summed E-state index contributed by atoms with van der Waals surface area (Å²) in [4.78, 5) is 0. The summed E-state index contributed by atoms with van der Waals surface area (Å²) in [5, 5.41) is 21.8. The Morgan fingerprint density at radius 2 is 1.75 bits per heavy atom. The molecule has 4 aromatic rings.